The Kier molecular flexibility index (Phi) is 5.46. The van der Waals surface area contributed by atoms with Gasteiger partial charge in [0, 0.05) is 25.0 Å². The van der Waals surface area contributed by atoms with Crippen molar-refractivity contribution in [2.24, 2.45) is 0 Å². The Morgan fingerprint density at radius 1 is 1.27 bits per heavy atom. The van der Waals surface area contributed by atoms with Gasteiger partial charge in [-0.25, -0.2) is 4.79 Å². The van der Waals surface area contributed by atoms with Crippen LogP contribution in [0.25, 0.3) is 0 Å². The lowest BCUT2D eigenvalue weighted by Crippen LogP contribution is -2.49. The molecule has 0 aromatic heterocycles. The summed E-state index contributed by atoms with van der Waals surface area (Å²) in [4.78, 5) is 24.9. The van der Waals surface area contributed by atoms with Gasteiger partial charge in [-0.2, -0.15) is 0 Å². The predicted octanol–water partition coefficient (Wildman–Crippen LogP) is 1.93. The number of carbonyl (C=O) groups is 2. The first kappa shape index (κ1) is 18.3. The number of aryl methyl sites for hydroxylation is 1. The van der Waals surface area contributed by atoms with E-state index < -0.39 is 6.04 Å². The summed E-state index contributed by atoms with van der Waals surface area (Å²) in [7, 11) is 1.62. The van der Waals surface area contributed by atoms with Gasteiger partial charge in [0.1, 0.15) is 5.75 Å². The van der Waals surface area contributed by atoms with Crippen LogP contribution in [0.5, 0.6) is 5.75 Å². The zero-order valence-corrected chi connectivity index (χ0v) is 15.3. The van der Waals surface area contributed by atoms with Crippen molar-refractivity contribution in [3.63, 3.8) is 0 Å². The molecule has 1 unspecified atom stereocenters. The van der Waals surface area contributed by atoms with Gasteiger partial charge in [0.2, 0.25) is 0 Å². The molecule has 0 aliphatic carbocycles. The first-order valence-corrected chi connectivity index (χ1v) is 8.81. The van der Waals surface area contributed by atoms with Crippen LogP contribution in [0.15, 0.2) is 29.5 Å². The summed E-state index contributed by atoms with van der Waals surface area (Å²) in [5.41, 5.74) is 2.88. The molecule has 2 heterocycles. The highest BCUT2D eigenvalue weighted by Gasteiger charge is 2.32. The molecule has 0 radical (unpaired) electrons. The van der Waals surface area contributed by atoms with Crippen LogP contribution in [0.3, 0.4) is 0 Å². The Morgan fingerprint density at radius 3 is 2.65 bits per heavy atom. The summed E-state index contributed by atoms with van der Waals surface area (Å²) in [6.07, 6.45) is 1.59. The highest BCUT2D eigenvalue weighted by atomic mass is 16.5. The number of carbonyl (C=O) groups excluding carboxylic acids is 2. The molecular weight excluding hydrogens is 334 g/mol. The second kappa shape index (κ2) is 7.78. The number of ether oxygens (including phenoxy) is 2. The zero-order chi connectivity index (χ0) is 18.7. The minimum Gasteiger partial charge on any atom is -0.496 e. The Morgan fingerprint density at radius 2 is 2.00 bits per heavy atom. The molecule has 1 aromatic rings. The van der Waals surface area contributed by atoms with Crippen molar-refractivity contribution in [1.82, 2.24) is 16.0 Å². The molecule has 1 aromatic carbocycles. The van der Waals surface area contributed by atoms with Crippen LogP contribution in [0.1, 0.15) is 36.9 Å². The molecule has 1 fully saturated rings. The van der Waals surface area contributed by atoms with E-state index in [4.69, 9.17) is 9.47 Å². The monoisotopic (exact) mass is 359 g/mol. The number of methoxy groups -OCH3 is 1. The van der Waals surface area contributed by atoms with E-state index in [1.54, 1.807) is 14.0 Å². The largest absolute Gasteiger partial charge is 0.496 e. The molecule has 1 atom stereocenters. The Labute approximate surface area is 153 Å². The zero-order valence-electron chi connectivity index (χ0n) is 15.3. The molecule has 0 saturated carbocycles. The predicted molar refractivity (Wildman–Crippen MR) is 96.8 cm³/mol. The van der Waals surface area contributed by atoms with Crippen LogP contribution >= 0.6 is 0 Å². The van der Waals surface area contributed by atoms with Gasteiger partial charge in [0.15, 0.2) is 0 Å². The fraction of sp³-hybridized carbons (Fsp3) is 0.474. The van der Waals surface area contributed by atoms with E-state index >= 15 is 0 Å². The second-order valence-corrected chi connectivity index (χ2v) is 6.66. The van der Waals surface area contributed by atoms with Gasteiger partial charge in [-0.3, -0.25) is 4.79 Å². The van der Waals surface area contributed by atoms with Crippen molar-refractivity contribution in [3.8, 4) is 5.75 Å². The average Bonchev–Trinajstić information content (AvgIpc) is 2.61. The Bertz CT molecular complexity index is 738. The van der Waals surface area contributed by atoms with E-state index in [9.17, 15) is 9.59 Å². The fourth-order valence-corrected chi connectivity index (χ4v) is 3.43. The maximum Gasteiger partial charge on any atom is 0.319 e. The quantitative estimate of drug-likeness (QED) is 0.766. The third-order valence-corrected chi connectivity index (χ3v) is 4.82. The van der Waals surface area contributed by atoms with Crippen molar-refractivity contribution >= 4 is 11.9 Å². The second-order valence-electron chi connectivity index (χ2n) is 6.66. The molecule has 3 amide bonds. The van der Waals surface area contributed by atoms with Crippen molar-refractivity contribution in [3.05, 3.63) is 40.6 Å². The van der Waals surface area contributed by atoms with Crippen molar-refractivity contribution in [1.29, 1.82) is 0 Å². The highest BCUT2D eigenvalue weighted by Crippen LogP contribution is 2.30. The van der Waals surface area contributed by atoms with Gasteiger partial charge in [0.25, 0.3) is 5.91 Å². The van der Waals surface area contributed by atoms with Crippen LogP contribution < -0.4 is 20.7 Å². The van der Waals surface area contributed by atoms with Crippen molar-refractivity contribution in [2.45, 2.75) is 38.8 Å². The number of urea groups is 1. The van der Waals surface area contributed by atoms with Crippen LogP contribution in [-0.2, 0) is 9.53 Å². The highest BCUT2D eigenvalue weighted by molar-refractivity contribution is 5.98. The van der Waals surface area contributed by atoms with Crippen molar-refractivity contribution in [2.75, 3.05) is 20.3 Å². The third kappa shape index (κ3) is 3.83. The minimum atomic E-state index is -0.506. The lowest BCUT2D eigenvalue weighted by Gasteiger charge is -2.31. The smallest absolute Gasteiger partial charge is 0.319 e. The lowest BCUT2D eigenvalue weighted by molar-refractivity contribution is -0.119. The molecule has 0 spiro atoms. The summed E-state index contributed by atoms with van der Waals surface area (Å²) in [6, 6.07) is 4.92. The molecule has 3 rings (SSSR count). The molecule has 2 aliphatic rings. The van der Waals surface area contributed by atoms with Crippen molar-refractivity contribution < 1.29 is 19.1 Å². The first-order chi connectivity index (χ1) is 12.5. The lowest BCUT2D eigenvalue weighted by atomic mass is 9.93. The van der Waals surface area contributed by atoms with Crippen LogP contribution in [-0.4, -0.2) is 38.3 Å². The third-order valence-electron chi connectivity index (χ3n) is 4.82. The summed E-state index contributed by atoms with van der Waals surface area (Å²) >= 11 is 0. The standard InChI is InChI=1S/C19H25N3O4/c1-11-10-13(4-5-15(11)25-3)17-16(12(2)20-19(24)22-17)18(23)21-14-6-8-26-9-7-14/h4-5,10,14,17H,6-9H2,1-3H3,(H,21,23)(H2,20,22,24). The molecule has 140 valence electrons. The molecule has 1 saturated heterocycles. The summed E-state index contributed by atoms with van der Waals surface area (Å²) in [6.45, 7) is 4.99. The van der Waals surface area contributed by atoms with Crippen LogP contribution in [0.4, 0.5) is 4.79 Å². The number of allylic oxidation sites excluding steroid dienone is 1. The van der Waals surface area contributed by atoms with E-state index in [0.29, 0.717) is 24.5 Å². The molecule has 7 nitrogen and oxygen atoms in total. The van der Waals surface area contributed by atoms with E-state index in [1.807, 2.05) is 25.1 Å². The van der Waals surface area contributed by atoms with E-state index in [-0.39, 0.29) is 18.0 Å². The van der Waals surface area contributed by atoms with E-state index in [0.717, 1.165) is 29.7 Å². The molecule has 26 heavy (non-hydrogen) atoms. The van der Waals surface area contributed by atoms with Gasteiger partial charge >= 0.3 is 6.03 Å². The minimum absolute atomic E-state index is 0.0902. The van der Waals surface area contributed by atoms with Gasteiger partial charge in [0.05, 0.1) is 18.7 Å². The molecule has 2 aliphatic heterocycles. The normalized spacial score (nSPS) is 21.0. The number of amides is 3. The van der Waals surface area contributed by atoms with Gasteiger partial charge in [-0.15, -0.1) is 0 Å². The van der Waals surface area contributed by atoms with Crippen LogP contribution in [0, 0.1) is 6.92 Å². The Balaban J connectivity index is 1.88. The van der Waals surface area contributed by atoms with Gasteiger partial charge < -0.3 is 25.4 Å². The molecule has 7 heteroatoms. The maximum atomic E-state index is 12.9. The first-order valence-electron chi connectivity index (χ1n) is 8.81. The summed E-state index contributed by atoms with van der Waals surface area (Å²) in [5, 5.41) is 8.64. The molecule has 3 N–H and O–H groups in total. The molecule has 0 bridgehead atoms. The number of rotatable bonds is 4. The van der Waals surface area contributed by atoms with Crippen LogP contribution in [0.2, 0.25) is 0 Å². The van der Waals surface area contributed by atoms with E-state index in [2.05, 4.69) is 16.0 Å². The Hall–Kier alpha value is -2.54. The van der Waals surface area contributed by atoms with E-state index in [1.165, 1.54) is 0 Å². The van der Waals surface area contributed by atoms with Gasteiger partial charge in [-0.05, 0) is 49.9 Å². The fourth-order valence-electron chi connectivity index (χ4n) is 3.43. The topological polar surface area (TPSA) is 88.7 Å². The molecular formula is C19H25N3O4. The number of nitrogens with one attached hydrogen (secondary N) is 3. The maximum absolute atomic E-state index is 12.9. The number of hydrogen-bond donors (Lipinski definition) is 3. The number of hydrogen-bond acceptors (Lipinski definition) is 4. The summed E-state index contributed by atoms with van der Waals surface area (Å²) < 4.78 is 10.6. The SMILES string of the molecule is COc1ccc(C2NC(=O)NC(C)=C2C(=O)NC2CCOCC2)cc1C. The number of benzene rings is 1. The van der Waals surface area contributed by atoms with Gasteiger partial charge in [-0.1, -0.05) is 6.07 Å². The average molecular weight is 359 g/mol. The summed E-state index contributed by atoms with van der Waals surface area (Å²) in [5.74, 6) is 0.600.